The summed E-state index contributed by atoms with van der Waals surface area (Å²) in [7, 11) is 0. The summed E-state index contributed by atoms with van der Waals surface area (Å²) in [6, 6.07) is 5.80. The topological polar surface area (TPSA) is 78.9 Å². The number of esters is 3. The average Bonchev–Trinajstić information content (AvgIpc) is 3.03. The van der Waals surface area contributed by atoms with Crippen LogP contribution in [0.4, 0.5) is 0 Å². The van der Waals surface area contributed by atoms with Gasteiger partial charge in [-0.15, -0.1) is 0 Å². The molecule has 32 heavy (non-hydrogen) atoms. The first kappa shape index (κ1) is 23.3. The zero-order chi connectivity index (χ0) is 23.2. The van der Waals surface area contributed by atoms with Crippen LogP contribution in [0, 0.1) is 17.3 Å². The third kappa shape index (κ3) is 3.99. The van der Waals surface area contributed by atoms with Crippen LogP contribution < -0.4 is 4.74 Å². The molecule has 7 heteroatoms. The summed E-state index contributed by atoms with van der Waals surface area (Å²) in [6.45, 7) is 6.63. The molecule has 3 aliphatic carbocycles. The van der Waals surface area contributed by atoms with Crippen LogP contribution in [0.25, 0.3) is 0 Å². The number of ether oxygens (including phenoxy) is 3. The summed E-state index contributed by atoms with van der Waals surface area (Å²) in [5.74, 6) is 2.99. The van der Waals surface area contributed by atoms with Crippen LogP contribution in [0.5, 0.6) is 5.75 Å². The fourth-order valence-corrected chi connectivity index (χ4v) is 9.09. The average molecular weight is 507 g/mol. The van der Waals surface area contributed by atoms with Gasteiger partial charge in [0.05, 0.1) is 0 Å². The van der Waals surface area contributed by atoms with E-state index < -0.39 is 0 Å². The third-order valence-corrected chi connectivity index (χ3v) is 10.1. The monoisotopic (exact) mass is 508 g/mol. The molecule has 1 aromatic rings. The molecule has 6 nitrogen and oxygen atoms in total. The van der Waals surface area contributed by atoms with E-state index in [-0.39, 0.29) is 55.3 Å². The Hall–Kier alpha value is -1.85. The molecule has 0 saturated heterocycles. The molecule has 174 valence electrons. The van der Waals surface area contributed by atoms with Crippen LogP contribution in [-0.4, -0.2) is 39.0 Å². The van der Waals surface area contributed by atoms with E-state index in [1.807, 2.05) is 12.1 Å². The van der Waals surface area contributed by atoms with Crippen molar-refractivity contribution in [2.45, 2.75) is 82.1 Å². The van der Waals surface area contributed by atoms with Crippen molar-refractivity contribution in [2.75, 3.05) is 0 Å². The molecule has 0 N–H and O–H groups in total. The number of carbonyl (C=O) groups is 3. The molecular weight excluding hydrogens is 475 g/mol. The van der Waals surface area contributed by atoms with E-state index in [0.717, 1.165) is 31.2 Å². The summed E-state index contributed by atoms with van der Waals surface area (Å²) < 4.78 is 17.1. The van der Waals surface area contributed by atoms with Crippen LogP contribution in [-0.2, 0) is 23.9 Å². The molecule has 2 saturated carbocycles. The standard InChI is InChI=1S/C25H32O6Se/c1-13(26)29-16-6-7-17-18-10-11-25(4)20(8-9-21(25)30-14(2)27)22(18)24(32-5)23(19(17)12-16)31-15(3)28/h6-7,12,18,20-24H,8-11H2,1-5H3/t18-,20+,21+,22-,23+,24+,25+/m1/s1. The van der Waals surface area contributed by atoms with Gasteiger partial charge in [0.25, 0.3) is 0 Å². The predicted molar refractivity (Wildman–Crippen MR) is 119 cm³/mol. The molecule has 0 bridgehead atoms. The molecule has 0 unspecified atom stereocenters. The second kappa shape index (κ2) is 8.83. The zero-order valence-corrected chi connectivity index (χ0v) is 21.1. The third-order valence-electron chi connectivity index (χ3n) is 7.82. The van der Waals surface area contributed by atoms with Gasteiger partial charge in [-0.3, -0.25) is 0 Å². The van der Waals surface area contributed by atoms with Crippen LogP contribution in [0.15, 0.2) is 18.2 Å². The van der Waals surface area contributed by atoms with E-state index in [1.165, 1.54) is 26.3 Å². The van der Waals surface area contributed by atoms with E-state index in [1.54, 1.807) is 0 Å². The second-order valence-electron chi connectivity index (χ2n) is 9.62. The normalized spacial score (nSPS) is 35.2. The quantitative estimate of drug-likeness (QED) is 0.337. The summed E-state index contributed by atoms with van der Waals surface area (Å²) in [5, 5.41) is 0. The van der Waals surface area contributed by atoms with Crippen LogP contribution >= 0.6 is 0 Å². The zero-order valence-electron chi connectivity index (χ0n) is 19.4. The molecule has 0 aliphatic heterocycles. The predicted octanol–water partition coefficient (Wildman–Crippen LogP) is 4.61. The van der Waals surface area contributed by atoms with Gasteiger partial charge in [-0.1, -0.05) is 0 Å². The van der Waals surface area contributed by atoms with Gasteiger partial charge < -0.3 is 0 Å². The Bertz CT molecular complexity index is 929. The maximum absolute atomic E-state index is 12.1. The van der Waals surface area contributed by atoms with Gasteiger partial charge in [-0.2, -0.15) is 0 Å². The van der Waals surface area contributed by atoms with Gasteiger partial charge in [-0.05, 0) is 0 Å². The van der Waals surface area contributed by atoms with Crippen molar-refractivity contribution in [3.63, 3.8) is 0 Å². The van der Waals surface area contributed by atoms with Gasteiger partial charge in [0.1, 0.15) is 0 Å². The second-order valence-corrected chi connectivity index (χ2v) is 11.8. The first-order valence-corrected chi connectivity index (χ1v) is 14.1. The molecular formula is C25H32O6Se. The molecule has 7 atom stereocenters. The maximum atomic E-state index is 12.1. The molecule has 0 aromatic heterocycles. The van der Waals surface area contributed by atoms with Crippen molar-refractivity contribution in [3.05, 3.63) is 29.3 Å². The van der Waals surface area contributed by atoms with Crippen LogP contribution in [0.2, 0.25) is 10.6 Å². The van der Waals surface area contributed by atoms with Crippen molar-refractivity contribution >= 4 is 32.9 Å². The van der Waals surface area contributed by atoms with E-state index in [0.29, 0.717) is 23.5 Å². The Morgan fingerprint density at radius 1 is 0.969 bits per heavy atom. The molecule has 0 heterocycles. The van der Waals surface area contributed by atoms with E-state index in [9.17, 15) is 14.4 Å². The molecule has 1 aromatic carbocycles. The van der Waals surface area contributed by atoms with Gasteiger partial charge in [0.2, 0.25) is 0 Å². The van der Waals surface area contributed by atoms with Crippen molar-refractivity contribution in [3.8, 4) is 5.75 Å². The molecule has 0 spiro atoms. The number of fused-ring (bicyclic) bond motifs is 5. The molecule has 3 aliphatic rings. The Balaban J connectivity index is 1.77. The number of hydrogen-bond acceptors (Lipinski definition) is 6. The van der Waals surface area contributed by atoms with Crippen molar-refractivity contribution < 1.29 is 28.6 Å². The molecule has 4 rings (SSSR count). The fourth-order valence-electron chi connectivity index (χ4n) is 6.70. The van der Waals surface area contributed by atoms with Gasteiger partial charge in [0.15, 0.2) is 0 Å². The molecule has 0 radical (unpaired) electrons. The number of carbonyl (C=O) groups excluding carboxylic acids is 3. The minimum atomic E-state index is -0.366. The SMILES string of the molecule is C[Se][C@H]1[C@@H]2[C@H](CC[C@]3(C)[C@@H](OC(C)=O)CC[C@@H]23)c2ccc(OC(C)=O)cc2[C@@H]1OC(C)=O. The summed E-state index contributed by atoms with van der Waals surface area (Å²) in [6.07, 6.45) is 3.54. The van der Waals surface area contributed by atoms with E-state index in [4.69, 9.17) is 14.2 Å². The Morgan fingerprint density at radius 2 is 1.69 bits per heavy atom. The molecule has 0 amide bonds. The first-order chi connectivity index (χ1) is 15.2. The molecule has 2 fully saturated rings. The Kier molecular flexibility index (Phi) is 6.43. The van der Waals surface area contributed by atoms with Crippen molar-refractivity contribution in [1.82, 2.24) is 0 Å². The summed E-state index contributed by atoms with van der Waals surface area (Å²) in [5.41, 5.74) is 2.13. The van der Waals surface area contributed by atoms with E-state index >= 15 is 0 Å². The van der Waals surface area contributed by atoms with Crippen LogP contribution in [0.1, 0.15) is 76.5 Å². The number of rotatable bonds is 4. The van der Waals surface area contributed by atoms with Gasteiger partial charge in [0, 0.05) is 0 Å². The van der Waals surface area contributed by atoms with E-state index in [2.05, 4.69) is 18.8 Å². The summed E-state index contributed by atoms with van der Waals surface area (Å²) in [4.78, 5) is 35.6. The first-order valence-electron chi connectivity index (χ1n) is 11.3. The fraction of sp³-hybridized carbons (Fsp3) is 0.640. The number of hydrogen-bond donors (Lipinski definition) is 0. The van der Waals surface area contributed by atoms with Crippen LogP contribution in [0.3, 0.4) is 0 Å². The van der Waals surface area contributed by atoms with Crippen molar-refractivity contribution in [1.29, 1.82) is 0 Å². The van der Waals surface area contributed by atoms with Gasteiger partial charge >= 0.3 is 196 Å². The minimum absolute atomic E-state index is 0.0455. The van der Waals surface area contributed by atoms with Crippen molar-refractivity contribution in [2.24, 2.45) is 17.3 Å². The Morgan fingerprint density at radius 3 is 2.31 bits per heavy atom. The summed E-state index contributed by atoms with van der Waals surface area (Å²) >= 11 is 0.232. The number of benzene rings is 1. The Labute approximate surface area is 195 Å². The van der Waals surface area contributed by atoms with Gasteiger partial charge in [-0.25, -0.2) is 0 Å².